The molecule has 2 aromatic carbocycles. The summed E-state index contributed by atoms with van der Waals surface area (Å²) in [4.78, 5) is 11.9. The highest BCUT2D eigenvalue weighted by atomic mass is 16.6. The zero-order chi connectivity index (χ0) is 19.1. The highest BCUT2D eigenvalue weighted by Gasteiger charge is 2.10. The molecule has 1 N–H and O–H groups in total. The van der Waals surface area contributed by atoms with Gasteiger partial charge in [-0.25, -0.2) is 10.1 Å². The van der Waals surface area contributed by atoms with Crippen molar-refractivity contribution >= 4 is 12.1 Å². The van der Waals surface area contributed by atoms with Crippen molar-refractivity contribution in [3.05, 3.63) is 71.0 Å². The number of aryl methyl sites for hydroxylation is 1. The number of nitrogens with zero attached hydrogens (tertiary/aromatic N) is 3. The second-order valence-corrected chi connectivity index (χ2v) is 5.56. The van der Waals surface area contributed by atoms with Crippen LogP contribution in [0.2, 0.25) is 0 Å². The van der Waals surface area contributed by atoms with Gasteiger partial charge in [-0.05, 0) is 42.8 Å². The molecule has 1 heterocycles. The van der Waals surface area contributed by atoms with Crippen molar-refractivity contribution in [3.63, 3.8) is 0 Å². The summed E-state index contributed by atoms with van der Waals surface area (Å²) < 4.78 is 15.7. The molecule has 0 aliphatic heterocycles. The molecular formula is C19H18N4O4. The molecule has 0 radical (unpaired) electrons. The maximum Gasteiger partial charge on any atom is 0.271 e. The molecule has 0 unspecified atom stereocenters. The van der Waals surface area contributed by atoms with Crippen molar-refractivity contribution in [3.8, 4) is 11.5 Å². The smallest absolute Gasteiger partial charge is 0.271 e. The maximum absolute atomic E-state index is 11.9. The Morgan fingerprint density at radius 1 is 1.19 bits per heavy atom. The van der Waals surface area contributed by atoms with Crippen molar-refractivity contribution in [2.45, 2.75) is 13.5 Å². The molecule has 0 bridgehead atoms. The van der Waals surface area contributed by atoms with Crippen LogP contribution in [-0.2, 0) is 6.61 Å². The average molecular weight is 366 g/mol. The summed E-state index contributed by atoms with van der Waals surface area (Å²) in [5.74, 6) is 0.795. The van der Waals surface area contributed by atoms with E-state index < -0.39 is 0 Å². The van der Waals surface area contributed by atoms with E-state index in [1.54, 1.807) is 56.5 Å². The van der Waals surface area contributed by atoms with Crippen LogP contribution in [0.3, 0.4) is 0 Å². The summed E-state index contributed by atoms with van der Waals surface area (Å²) in [6, 6.07) is 14.2. The highest BCUT2D eigenvalue weighted by molar-refractivity contribution is 5.94. The quantitative estimate of drug-likeness (QED) is 0.510. The van der Waals surface area contributed by atoms with E-state index in [0.717, 1.165) is 5.56 Å². The number of amides is 1. The van der Waals surface area contributed by atoms with Crippen LogP contribution in [0.25, 0.3) is 0 Å². The van der Waals surface area contributed by atoms with E-state index in [-0.39, 0.29) is 12.5 Å². The van der Waals surface area contributed by atoms with Gasteiger partial charge in [0.05, 0.1) is 13.3 Å². The van der Waals surface area contributed by atoms with Gasteiger partial charge in [0, 0.05) is 5.56 Å². The molecule has 1 amide bonds. The lowest BCUT2D eigenvalue weighted by Crippen LogP contribution is -2.17. The summed E-state index contributed by atoms with van der Waals surface area (Å²) in [7, 11) is 1.54. The third-order valence-corrected chi connectivity index (χ3v) is 3.71. The molecule has 8 nitrogen and oxygen atoms in total. The van der Waals surface area contributed by atoms with Crippen molar-refractivity contribution in [2.75, 3.05) is 7.11 Å². The fraction of sp³-hybridized carbons (Fsp3) is 0.158. The predicted octanol–water partition coefficient (Wildman–Crippen LogP) is 2.73. The van der Waals surface area contributed by atoms with Crippen LogP contribution in [0.1, 0.15) is 27.3 Å². The molecule has 0 atom stereocenters. The molecule has 138 valence electrons. The SMILES string of the molecule is COc1cc(/C=N/NC(=O)c2ccccc2)ccc1OCc1nonc1C. The van der Waals surface area contributed by atoms with E-state index >= 15 is 0 Å². The van der Waals surface area contributed by atoms with Crippen LogP contribution in [0, 0.1) is 6.92 Å². The fourth-order valence-corrected chi connectivity index (χ4v) is 2.23. The topological polar surface area (TPSA) is 98.8 Å². The molecule has 0 aliphatic rings. The second-order valence-electron chi connectivity index (χ2n) is 5.56. The normalized spacial score (nSPS) is 10.7. The monoisotopic (exact) mass is 366 g/mol. The van der Waals surface area contributed by atoms with E-state index in [4.69, 9.17) is 9.47 Å². The highest BCUT2D eigenvalue weighted by Crippen LogP contribution is 2.28. The Balaban J connectivity index is 1.63. The molecule has 3 rings (SSSR count). The molecule has 27 heavy (non-hydrogen) atoms. The molecule has 0 saturated heterocycles. The van der Waals surface area contributed by atoms with Crippen LogP contribution >= 0.6 is 0 Å². The molecule has 0 fully saturated rings. The van der Waals surface area contributed by atoms with Gasteiger partial charge in [-0.3, -0.25) is 4.79 Å². The number of benzene rings is 2. The number of hydrogen-bond donors (Lipinski definition) is 1. The lowest BCUT2D eigenvalue weighted by molar-refractivity contribution is 0.0955. The Bertz CT molecular complexity index is 938. The standard InChI is InChI=1S/C19H18N4O4/c1-13-16(23-27-22-13)12-26-17-9-8-14(10-18(17)25-2)11-20-21-19(24)15-6-4-3-5-7-15/h3-11H,12H2,1-2H3,(H,21,24)/b20-11+. The Labute approximate surface area is 155 Å². The van der Waals surface area contributed by atoms with Crippen LogP contribution in [0.4, 0.5) is 0 Å². The largest absolute Gasteiger partial charge is 0.493 e. The zero-order valence-electron chi connectivity index (χ0n) is 14.9. The number of ether oxygens (including phenoxy) is 2. The minimum Gasteiger partial charge on any atom is -0.493 e. The zero-order valence-corrected chi connectivity index (χ0v) is 14.9. The molecule has 0 aliphatic carbocycles. The number of rotatable bonds is 7. The first-order valence-electron chi connectivity index (χ1n) is 8.14. The summed E-state index contributed by atoms with van der Waals surface area (Å²) in [5.41, 5.74) is 5.05. The van der Waals surface area contributed by atoms with Crippen LogP contribution in [0.5, 0.6) is 11.5 Å². The van der Waals surface area contributed by atoms with Gasteiger partial charge in [0.25, 0.3) is 5.91 Å². The van der Waals surface area contributed by atoms with Crippen molar-refractivity contribution in [1.82, 2.24) is 15.7 Å². The molecular weight excluding hydrogens is 348 g/mol. The molecule has 3 aromatic rings. The maximum atomic E-state index is 11.9. The second kappa shape index (κ2) is 8.61. The summed E-state index contributed by atoms with van der Waals surface area (Å²) in [5, 5.41) is 11.4. The fourth-order valence-electron chi connectivity index (χ4n) is 2.23. The number of methoxy groups -OCH3 is 1. The number of nitrogens with one attached hydrogen (secondary N) is 1. The minimum atomic E-state index is -0.282. The van der Waals surface area contributed by atoms with E-state index in [1.165, 1.54) is 6.21 Å². The Kier molecular flexibility index (Phi) is 5.78. The van der Waals surface area contributed by atoms with Gasteiger partial charge in [0.15, 0.2) is 11.5 Å². The Hall–Kier alpha value is -3.68. The number of carbonyl (C=O) groups is 1. The Morgan fingerprint density at radius 2 is 2.00 bits per heavy atom. The van der Waals surface area contributed by atoms with Crippen molar-refractivity contribution < 1.29 is 18.9 Å². The van der Waals surface area contributed by atoms with E-state index in [2.05, 4.69) is 25.5 Å². The lowest BCUT2D eigenvalue weighted by atomic mass is 10.2. The number of carbonyl (C=O) groups excluding carboxylic acids is 1. The van der Waals surface area contributed by atoms with Crippen LogP contribution < -0.4 is 14.9 Å². The first-order chi connectivity index (χ1) is 13.2. The van der Waals surface area contributed by atoms with Gasteiger partial charge in [0.1, 0.15) is 18.0 Å². The van der Waals surface area contributed by atoms with E-state index in [1.807, 2.05) is 6.07 Å². The first-order valence-corrected chi connectivity index (χ1v) is 8.14. The van der Waals surface area contributed by atoms with Gasteiger partial charge < -0.3 is 9.47 Å². The third-order valence-electron chi connectivity index (χ3n) is 3.71. The Morgan fingerprint density at radius 3 is 2.70 bits per heavy atom. The number of aromatic nitrogens is 2. The summed E-state index contributed by atoms with van der Waals surface area (Å²) in [6.45, 7) is 2.00. The van der Waals surface area contributed by atoms with E-state index in [9.17, 15) is 4.79 Å². The average Bonchev–Trinajstić information content (AvgIpc) is 3.12. The van der Waals surface area contributed by atoms with Gasteiger partial charge >= 0.3 is 0 Å². The molecule has 8 heteroatoms. The van der Waals surface area contributed by atoms with Gasteiger partial charge in [-0.2, -0.15) is 5.10 Å². The van der Waals surface area contributed by atoms with E-state index in [0.29, 0.717) is 28.5 Å². The lowest BCUT2D eigenvalue weighted by Gasteiger charge is -2.10. The molecule has 0 saturated carbocycles. The van der Waals surface area contributed by atoms with Gasteiger partial charge in [-0.1, -0.05) is 28.5 Å². The van der Waals surface area contributed by atoms with Crippen molar-refractivity contribution in [2.24, 2.45) is 5.10 Å². The van der Waals surface area contributed by atoms with Crippen LogP contribution in [0.15, 0.2) is 58.3 Å². The number of hydrazone groups is 1. The first kappa shape index (κ1) is 18.1. The number of hydrogen-bond acceptors (Lipinski definition) is 7. The summed E-state index contributed by atoms with van der Waals surface area (Å²) in [6.07, 6.45) is 1.53. The third kappa shape index (κ3) is 4.69. The minimum absolute atomic E-state index is 0.215. The van der Waals surface area contributed by atoms with Crippen LogP contribution in [-0.4, -0.2) is 29.5 Å². The predicted molar refractivity (Wildman–Crippen MR) is 97.9 cm³/mol. The molecule has 0 spiro atoms. The van der Waals surface area contributed by atoms with Crippen molar-refractivity contribution in [1.29, 1.82) is 0 Å². The summed E-state index contributed by atoms with van der Waals surface area (Å²) >= 11 is 0. The van der Waals surface area contributed by atoms with Gasteiger partial charge in [0.2, 0.25) is 0 Å². The molecule has 1 aromatic heterocycles. The van der Waals surface area contributed by atoms with Gasteiger partial charge in [-0.15, -0.1) is 0 Å².